The fraction of sp³-hybridized carbons (Fsp3) is 0.333. The Morgan fingerprint density at radius 3 is 2.53 bits per heavy atom. The van der Waals surface area contributed by atoms with Crippen LogP contribution >= 0.6 is 0 Å². The molecule has 0 aromatic heterocycles. The van der Waals surface area contributed by atoms with E-state index in [1.165, 1.54) is 19.2 Å². The van der Waals surface area contributed by atoms with E-state index < -0.39 is 12.1 Å². The van der Waals surface area contributed by atoms with Crippen LogP contribution in [0.15, 0.2) is 18.2 Å². The molecule has 1 aromatic carbocycles. The van der Waals surface area contributed by atoms with Gasteiger partial charge in [-0.15, -0.1) is 0 Å². The first kappa shape index (κ1) is 13.0. The van der Waals surface area contributed by atoms with Crippen molar-refractivity contribution >= 4 is 11.9 Å². The topological polar surface area (TPSA) is 75.6 Å². The summed E-state index contributed by atoms with van der Waals surface area (Å²) in [4.78, 5) is 22.0. The molecule has 1 aromatic rings. The minimum absolute atomic E-state index is 0.197. The molecule has 0 spiro atoms. The molecule has 17 heavy (non-hydrogen) atoms. The third-order valence-electron chi connectivity index (χ3n) is 2.34. The molecule has 0 fully saturated rings. The van der Waals surface area contributed by atoms with Gasteiger partial charge in [0, 0.05) is 7.05 Å². The van der Waals surface area contributed by atoms with Crippen LogP contribution in [0.2, 0.25) is 0 Å². The Labute approximate surface area is 99.4 Å². The van der Waals surface area contributed by atoms with Gasteiger partial charge in [0.25, 0.3) is 5.91 Å². The maximum atomic E-state index is 11.3. The van der Waals surface area contributed by atoms with Crippen LogP contribution in [0.1, 0.15) is 22.8 Å². The molecule has 2 N–H and O–H groups in total. The number of carboxylic acids is 1. The summed E-state index contributed by atoms with van der Waals surface area (Å²) in [6, 6.07) is 4.51. The van der Waals surface area contributed by atoms with Gasteiger partial charge in [-0.25, -0.2) is 4.79 Å². The molecule has 1 unspecified atom stereocenters. The monoisotopic (exact) mass is 237 g/mol. The second kappa shape index (κ2) is 5.34. The van der Waals surface area contributed by atoms with Crippen LogP contribution in [0.4, 0.5) is 0 Å². The average Bonchev–Trinajstić information content (AvgIpc) is 2.30. The smallest absolute Gasteiger partial charge is 0.335 e. The lowest BCUT2D eigenvalue weighted by Crippen LogP contribution is -2.33. The van der Waals surface area contributed by atoms with Gasteiger partial charge in [0.15, 0.2) is 6.10 Å². The van der Waals surface area contributed by atoms with E-state index in [1.54, 1.807) is 19.9 Å². The van der Waals surface area contributed by atoms with Crippen LogP contribution in [0.5, 0.6) is 5.75 Å². The second-order valence-corrected chi connectivity index (χ2v) is 3.66. The summed E-state index contributed by atoms with van der Waals surface area (Å²) >= 11 is 0. The maximum absolute atomic E-state index is 11.3. The van der Waals surface area contributed by atoms with E-state index in [-0.39, 0.29) is 11.5 Å². The van der Waals surface area contributed by atoms with Crippen molar-refractivity contribution in [2.75, 3.05) is 7.05 Å². The molecular formula is C12H15NO4. The van der Waals surface area contributed by atoms with E-state index in [0.29, 0.717) is 11.3 Å². The number of carboxylic acid groups (broad SMARTS) is 1. The molecule has 0 saturated heterocycles. The van der Waals surface area contributed by atoms with E-state index in [4.69, 9.17) is 9.84 Å². The lowest BCUT2D eigenvalue weighted by molar-refractivity contribution is -0.126. The lowest BCUT2D eigenvalue weighted by Gasteiger charge is -2.15. The zero-order valence-corrected chi connectivity index (χ0v) is 9.98. The van der Waals surface area contributed by atoms with Crippen LogP contribution in [0.25, 0.3) is 0 Å². The molecule has 0 bridgehead atoms. The summed E-state index contributed by atoms with van der Waals surface area (Å²) in [5.41, 5.74) is 0.878. The fourth-order valence-corrected chi connectivity index (χ4v) is 1.36. The number of hydrogen-bond acceptors (Lipinski definition) is 3. The number of ether oxygens (including phenoxy) is 1. The number of nitrogens with one attached hydrogen (secondary N) is 1. The number of amides is 1. The highest BCUT2D eigenvalue weighted by atomic mass is 16.5. The molecule has 0 heterocycles. The summed E-state index contributed by atoms with van der Waals surface area (Å²) in [5, 5.41) is 11.3. The molecule has 0 aliphatic carbocycles. The Morgan fingerprint density at radius 1 is 1.41 bits per heavy atom. The highest BCUT2D eigenvalue weighted by Gasteiger charge is 2.14. The van der Waals surface area contributed by atoms with Crippen molar-refractivity contribution in [3.63, 3.8) is 0 Å². The van der Waals surface area contributed by atoms with Crippen molar-refractivity contribution in [1.82, 2.24) is 5.32 Å². The zero-order chi connectivity index (χ0) is 13.0. The molecule has 0 aliphatic heterocycles. The summed E-state index contributed by atoms with van der Waals surface area (Å²) in [6.45, 7) is 3.36. The molecule has 0 aliphatic rings. The predicted molar refractivity (Wildman–Crippen MR) is 62.3 cm³/mol. The minimum Gasteiger partial charge on any atom is -0.481 e. The highest BCUT2D eigenvalue weighted by Crippen LogP contribution is 2.20. The molecule has 5 nitrogen and oxygen atoms in total. The maximum Gasteiger partial charge on any atom is 0.335 e. The van der Waals surface area contributed by atoms with Gasteiger partial charge in [0.1, 0.15) is 5.75 Å². The molecule has 92 valence electrons. The van der Waals surface area contributed by atoms with Crippen LogP contribution in [0, 0.1) is 6.92 Å². The van der Waals surface area contributed by atoms with Gasteiger partial charge in [0.05, 0.1) is 5.56 Å². The first-order valence-corrected chi connectivity index (χ1v) is 5.18. The Kier molecular flexibility index (Phi) is 4.09. The highest BCUT2D eigenvalue weighted by molar-refractivity contribution is 5.88. The van der Waals surface area contributed by atoms with Crippen molar-refractivity contribution in [3.8, 4) is 5.75 Å². The Balaban J connectivity index is 2.86. The first-order chi connectivity index (χ1) is 7.95. The molecule has 0 radical (unpaired) electrons. The number of rotatable bonds is 4. The number of carbonyl (C=O) groups excluding carboxylic acids is 1. The normalized spacial score (nSPS) is 11.7. The fourth-order valence-electron chi connectivity index (χ4n) is 1.36. The van der Waals surface area contributed by atoms with Crippen LogP contribution in [-0.4, -0.2) is 30.1 Å². The van der Waals surface area contributed by atoms with Gasteiger partial charge in [-0.1, -0.05) is 0 Å². The van der Waals surface area contributed by atoms with Gasteiger partial charge < -0.3 is 15.2 Å². The van der Waals surface area contributed by atoms with E-state index in [0.717, 1.165) is 0 Å². The third-order valence-corrected chi connectivity index (χ3v) is 2.34. The number of aromatic carboxylic acids is 1. The van der Waals surface area contributed by atoms with Crippen molar-refractivity contribution in [1.29, 1.82) is 0 Å². The molecule has 1 atom stereocenters. The molecule has 1 amide bonds. The lowest BCUT2D eigenvalue weighted by atomic mass is 10.1. The second-order valence-electron chi connectivity index (χ2n) is 3.66. The number of aryl methyl sites for hydroxylation is 1. The average molecular weight is 237 g/mol. The summed E-state index contributed by atoms with van der Waals surface area (Å²) in [7, 11) is 1.53. The zero-order valence-electron chi connectivity index (χ0n) is 9.98. The van der Waals surface area contributed by atoms with E-state index in [2.05, 4.69) is 5.32 Å². The first-order valence-electron chi connectivity index (χ1n) is 5.18. The van der Waals surface area contributed by atoms with Crippen molar-refractivity contribution in [2.45, 2.75) is 20.0 Å². The largest absolute Gasteiger partial charge is 0.481 e. The van der Waals surface area contributed by atoms with Crippen molar-refractivity contribution in [2.24, 2.45) is 0 Å². The van der Waals surface area contributed by atoms with Gasteiger partial charge in [-0.3, -0.25) is 4.79 Å². The molecule has 0 saturated carbocycles. The SMILES string of the molecule is CNC(=O)C(C)Oc1ccc(C(=O)O)cc1C. The van der Waals surface area contributed by atoms with Gasteiger partial charge in [-0.2, -0.15) is 0 Å². The van der Waals surface area contributed by atoms with Gasteiger partial charge in [0.2, 0.25) is 0 Å². The van der Waals surface area contributed by atoms with E-state index in [9.17, 15) is 9.59 Å². The van der Waals surface area contributed by atoms with Crippen LogP contribution < -0.4 is 10.1 Å². The number of carbonyl (C=O) groups is 2. The molecule has 5 heteroatoms. The molecular weight excluding hydrogens is 222 g/mol. The summed E-state index contributed by atoms with van der Waals surface area (Å²) < 4.78 is 5.43. The Morgan fingerprint density at radius 2 is 2.06 bits per heavy atom. The minimum atomic E-state index is -0.987. The standard InChI is InChI=1S/C12H15NO4/c1-7-6-9(12(15)16)4-5-10(7)17-8(2)11(14)13-3/h4-6,8H,1-3H3,(H,13,14)(H,15,16). The number of likely N-dealkylation sites (N-methyl/N-ethyl adjacent to an activating group) is 1. The van der Waals surface area contributed by atoms with Crippen molar-refractivity contribution < 1.29 is 19.4 Å². The summed E-state index contributed by atoms with van der Waals surface area (Å²) in [6.07, 6.45) is -0.616. The predicted octanol–water partition coefficient (Wildman–Crippen LogP) is 1.21. The van der Waals surface area contributed by atoms with Crippen molar-refractivity contribution in [3.05, 3.63) is 29.3 Å². The summed E-state index contributed by atoms with van der Waals surface area (Å²) in [5.74, 6) is -0.711. The number of hydrogen-bond donors (Lipinski definition) is 2. The Hall–Kier alpha value is -2.04. The number of benzene rings is 1. The molecule has 1 rings (SSSR count). The van der Waals surface area contributed by atoms with Gasteiger partial charge in [-0.05, 0) is 37.6 Å². The van der Waals surface area contributed by atoms with Gasteiger partial charge >= 0.3 is 5.97 Å². The van der Waals surface area contributed by atoms with Crippen LogP contribution in [0.3, 0.4) is 0 Å². The Bertz CT molecular complexity index is 442. The van der Waals surface area contributed by atoms with Crippen LogP contribution in [-0.2, 0) is 4.79 Å². The third kappa shape index (κ3) is 3.21. The van der Waals surface area contributed by atoms with E-state index >= 15 is 0 Å². The van der Waals surface area contributed by atoms with E-state index in [1.807, 2.05) is 0 Å². The quantitative estimate of drug-likeness (QED) is 0.825.